The molecular weight excluding hydrogens is 418 g/mol. The van der Waals surface area contributed by atoms with E-state index in [1.807, 2.05) is 39.8 Å². The Morgan fingerprint density at radius 2 is 1.79 bits per heavy atom. The lowest BCUT2D eigenvalue weighted by molar-refractivity contribution is 0.0214. The second kappa shape index (κ2) is 8.32. The van der Waals surface area contributed by atoms with Gasteiger partial charge in [0, 0.05) is 11.8 Å². The molecule has 2 aliphatic rings. The Balaban J connectivity index is 1.42. The third kappa shape index (κ3) is 4.38. The summed E-state index contributed by atoms with van der Waals surface area (Å²) in [6, 6.07) is 8.18. The lowest BCUT2D eigenvalue weighted by Gasteiger charge is -2.26. The van der Waals surface area contributed by atoms with Crippen molar-refractivity contribution in [3.8, 4) is 5.69 Å². The van der Waals surface area contributed by atoms with Gasteiger partial charge in [-0.1, -0.05) is 18.2 Å². The highest BCUT2D eigenvalue weighted by Crippen LogP contribution is 2.41. The number of oxazole rings is 1. The number of para-hydroxylation sites is 1. The molecule has 0 spiro atoms. The van der Waals surface area contributed by atoms with Gasteiger partial charge in [-0.3, -0.25) is 9.47 Å². The molecule has 0 unspecified atom stereocenters. The van der Waals surface area contributed by atoms with Crippen LogP contribution in [0.25, 0.3) is 5.69 Å². The lowest BCUT2D eigenvalue weighted by Crippen LogP contribution is -2.35. The van der Waals surface area contributed by atoms with E-state index in [0.717, 1.165) is 60.2 Å². The van der Waals surface area contributed by atoms with E-state index < -0.39 is 5.60 Å². The van der Waals surface area contributed by atoms with Gasteiger partial charge in [0.15, 0.2) is 11.7 Å². The number of hydrogen-bond donors (Lipinski definition) is 0. The summed E-state index contributed by atoms with van der Waals surface area (Å²) in [6.07, 6.45) is 5.49. The van der Waals surface area contributed by atoms with Crippen LogP contribution in [0.5, 0.6) is 0 Å². The van der Waals surface area contributed by atoms with Crippen LogP contribution in [-0.4, -0.2) is 36.3 Å². The zero-order valence-electron chi connectivity index (χ0n) is 19.7. The first-order valence-corrected chi connectivity index (χ1v) is 11.7. The van der Waals surface area contributed by atoms with Gasteiger partial charge in [0.25, 0.3) is 0 Å². The highest BCUT2D eigenvalue weighted by molar-refractivity contribution is 5.68. The number of carbonyl (C=O) groups is 1. The molecule has 0 N–H and O–H groups in total. The number of hydrogen-bond acceptors (Lipinski definition) is 6. The minimum atomic E-state index is -0.554. The van der Waals surface area contributed by atoms with Gasteiger partial charge < -0.3 is 9.15 Å². The Morgan fingerprint density at radius 3 is 2.48 bits per heavy atom. The fourth-order valence-electron chi connectivity index (χ4n) is 4.87. The maximum atomic E-state index is 12.9. The SMILES string of the molecule is Cc1cnc(C2CCC(c3nnc4n3-c3ccccc3CN(C(=O)OC(C)(C)C)C4)CC2)o1. The normalized spacial score (nSPS) is 20.7. The Hall–Kier alpha value is -3.16. The molecule has 3 aromatic rings. The monoisotopic (exact) mass is 449 g/mol. The molecular formula is C25H31N5O3. The number of nitrogens with zero attached hydrogens (tertiary/aromatic N) is 5. The Kier molecular flexibility index (Phi) is 5.46. The average molecular weight is 450 g/mol. The van der Waals surface area contributed by atoms with Crippen molar-refractivity contribution in [1.29, 1.82) is 0 Å². The lowest BCUT2D eigenvalue weighted by atomic mass is 9.81. The Labute approximate surface area is 194 Å². The molecule has 1 aromatic carbocycles. The predicted octanol–water partition coefficient (Wildman–Crippen LogP) is 5.26. The molecule has 2 aromatic heterocycles. The van der Waals surface area contributed by atoms with E-state index in [2.05, 4.69) is 31.9 Å². The van der Waals surface area contributed by atoms with Gasteiger partial charge in [-0.15, -0.1) is 10.2 Å². The van der Waals surface area contributed by atoms with E-state index >= 15 is 0 Å². The predicted molar refractivity (Wildman–Crippen MR) is 122 cm³/mol. The number of fused-ring (bicyclic) bond motifs is 3. The summed E-state index contributed by atoms with van der Waals surface area (Å²) in [5, 5.41) is 9.16. The molecule has 3 heterocycles. The van der Waals surface area contributed by atoms with Crippen LogP contribution in [0.1, 0.15) is 87.2 Å². The van der Waals surface area contributed by atoms with Crippen LogP contribution in [-0.2, 0) is 17.8 Å². The molecule has 1 amide bonds. The zero-order valence-corrected chi connectivity index (χ0v) is 19.7. The van der Waals surface area contributed by atoms with Gasteiger partial charge in [0.05, 0.1) is 25.0 Å². The van der Waals surface area contributed by atoms with Crippen molar-refractivity contribution in [3.63, 3.8) is 0 Å². The molecule has 8 nitrogen and oxygen atoms in total. The fraction of sp³-hybridized carbons (Fsp3) is 0.520. The molecule has 0 radical (unpaired) electrons. The third-order valence-corrected chi connectivity index (χ3v) is 6.41. The van der Waals surface area contributed by atoms with Gasteiger partial charge in [-0.2, -0.15) is 0 Å². The van der Waals surface area contributed by atoms with Crippen molar-refractivity contribution in [2.75, 3.05) is 0 Å². The molecule has 1 fully saturated rings. The second-order valence-electron chi connectivity index (χ2n) is 10.1. The number of rotatable bonds is 2. The van der Waals surface area contributed by atoms with Gasteiger partial charge in [0.1, 0.15) is 17.2 Å². The van der Waals surface area contributed by atoms with Crippen LogP contribution < -0.4 is 0 Å². The van der Waals surface area contributed by atoms with Crippen molar-refractivity contribution in [2.24, 2.45) is 0 Å². The van der Waals surface area contributed by atoms with Crippen LogP contribution in [0.2, 0.25) is 0 Å². The quantitative estimate of drug-likeness (QED) is 0.531. The molecule has 8 heteroatoms. The van der Waals surface area contributed by atoms with Crippen LogP contribution in [0, 0.1) is 6.92 Å². The highest BCUT2D eigenvalue weighted by Gasteiger charge is 2.33. The number of benzene rings is 1. The minimum Gasteiger partial charge on any atom is -0.446 e. The molecule has 174 valence electrons. The number of aromatic nitrogens is 4. The average Bonchev–Trinajstić information content (AvgIpc) is 3.35. The van der Waals surface area contributed by atoms with Gasteiger partial charge in [-0.25, -0.2) is 9.78 Å². The highest BCUT2D eigenvalue weighted by atomic mass is 16.6. The third-order valence-electron chi connectivity index (χ3n) is 6.41. The summed E-state index contributed by atoms with van der Waals surface area (Å²) in [5.41, 5.74) is 1.55. The standard InChI is InChI=1S/C25H31N5O3/c1-16-13-26-23(32-16)18-11-9-17(10-12-18)22-28-27-21-15-29(24(31)33-25(2,3)4)14-19-7-5-6-8-20(19)30(21)22/h5-8,13,17-18H,9-12,14-15H2,1-4H3. The summed E-state index contributed by atoms with van der Waals surface area (Å²) in [6.45, 7) is 8.42. The van der Waals surface area contributed by atoms with E-state index in [4.69, 9.17) is 9.15 Å². The van der Waals surface area contributed by atoms with Crippen LogP contribution in [0.4, 0.5) is 4.79 Å². The van der Waals surface area contributed by atoms with Crippen molar-refractivity contribution in [1.82, 2.24) is 24.6 Å². The smallest absolute Gasteiger partial charge is 0.411 e. The van der Waals surface area contributed by atoms with Crippen molar-refractivity contribution >= 4 is 6.09 Å². The number of carbonyl (C=O) groups excluding carboxylic acids is 1. The van der Waals surface area contributed by atoms with Crippen LogP contribution >= 0.6 is 0 Å². The van der Waals surface area contributed by atoms with Crippen molar-refractivity contribution < 1.29 is 13.9 Å². The summed E-state index contributed by atoms with van der Waals surface area (Å²) in [4.78, 5) is 19.1. The van der Waals surface area contributed by atoms with Gasteiger partial charge in [0.2, 0.25) is 0 Å². The van der Waals surface area contributed by atoms with E-state index in [0.29, 0.717) is 24.9 Å². The largest absolute Gasteiger partial charge is 0.446 e. The van der Waals surface area contributed by atoms with E-state index in [1.54, 1.807) is 11.1 Å². The van der Waals surface area contributed by atoms with Crippen molar-refractivity contribution in [3.05, 3.63) is 59.3 Å². The number of amides is 1. The molecule has 0 atom stereocenters. The number of aryl methyl sites for hydroxylation is 1. The van der Waals surface area contributed by atoms with E-state index in [-0.39, 0.29) is 6.09 Å². The maximum absolute atomic E-state index is 12.9. The Morgan fingerprint density at radius 1 is 1.06 bits per heavy atom. The van der Waals surface area contributed by atoms with Crippen LogP contribution in [0.15, 0.2) is 34.9 Å². The first-order chi connectivity index (χ1) is 15.8. The van der Waals surface area contributed by atoms with Crippen molar-refractivity contribution in [2.45, 2.75) is 83.9 Å². The summed E-state index contributed by atoms with van der Waals surface area (Å²) in [7, 11) is 0. The van der Waals surface area contributed by atoms with E-state index in [1.165, 1.54) is 0 Å². The molecule has 5 rings (SSSR count). The molecule has 1 aliphatic carbocycles. The first kappa shape index (κ1) is 21.7. The van der Waals surface area contributed by atoms with Gasteiger partial charge in [-0.05, 0) is 65.0 Å². The molecule has 33 heavy (non-hydrogen) atoms. The van der Waals surface area contributed by atoms with Crippen LogP contribution in [0.3, 0.4) is 0 Å². The molecule has 1 saturated carbocycles. The summed E-state index contributed by atoms with van der Waals surface area (Å²) >= 11 is 0. The first-order valence-electron chi connectivity index (χ1n) is 11.7. The topological polar surface area (TPSA) is 86.3 Å². The van der Waals surface area contributed by atoms with E-state index in [9.17, 15) is 4.79 Å². The Bertz CT molecular complexity index is 1150. The molecule has 0 saturated heterocycles. The van der Waals surface area contributed by atoms with Gasteiger partial charge >= 0.3 is 6.09 Å². The minimum absolute atomic E-state index is 0.305. The summed E-state index contributed by atoms with van der Waals surface area (Å²) in [5.74, 6) is 4.12. The second-order valence-corrected chi connectivity index (χ2v) is 10.1. The maximum Gasteiger partial charge on any atom is 0.411 e. The molecule has 0 bridgehead atoms. The fourth-order valence-corrected chi connectivity index (χ4v) is 4.87. The number of ether oxygens (including phenoxy) is 1. The molecule has 1 aliphatic heterocycles. The zero-order chi connectivity index (χ0) is 23.2. The summed E-state index contributed by atoms with van der Waals surface area (Å²) < 4.78 is 13.6.